The second-order valence-corrected chi connectivity index (χ2v) is 3.01. The topological polar surface area (TPSA) is 18.5 Å². The minimum Gasteiger partial charge on any atom is -0.359 e. The SMILES string of the molecule is C#CCCC(C)(C)OCOC. The van der Waals surface area contributed by atoms with Crippen molar-refractivity contribution in [3.8, 4) is 12.3 Å². The van der Waals surface area contributed by atoms with Crippen LogP contribution in [-0.4, -0.2) is 19.5 Å². The minimum absolute atomic E-state index is 0.164. The molecule has 0 atom stereocenters. The second-order valence-electron chi connectivity index (χ2n) is 3.01. The van der Waals surface area contributed by atoms with E-state index in [4.69, 9.17) is 15.9 Å². The Bertz CT molecular complexity index is 133. The highest BCUT2D eigenvalue weighted by molar-refractivity contribution is 4.86. The molecule has 0 aliphatic carbocycles. The molecule has 0 saturated heterocycles. The molecule has 2 heteroatoms. The summed E-state index contributed by atoms with van der Waals surface area (Å²) >= 11 is 0. The summed E-state index contributed by atoms with van der Waals surface area (Å²) in [5, 5.41) is 0. The molecule has 0 heterocycles. The van der Waals surface area contributed by atoms with Gasteiger partial charge in [0.15, 0.2) is 0 Å². The lowest BCUT2D eigenvalue weighted by Gasteiger charge is -2.23. The first-order valence-corrected chi connectivity index (χ1v) is 3.69. The van der Waals surface area contributed by atoms with Crippen LogP contribution in [0.15, 0.2) is 0 Å². The Balaban J connectivity index is 3.54. The van der Waals surface area contributed by atoms with Gasteiger partial charge in [0, 0.05) is 13.5 Å². The summed E-state index contributed by atoms with van der Waals surface area (Å²) < 4.78 is 10.1. The molecule has 0 aliphatic rings. The van der Waals surface area contributed by atoms with E-state index >= 15 is 0 Å². The van der Waals surface area contributed by atoms with Gasteiger partial charge in [0.25, 0.3) is 0 Å². The summed E-state index contributed by atoms with van der Waals surface area (Å²) in [5.41, 5.74) is -0.164. The van der Waals surface area contributed by atoms with Crippen molar-refractivity contribution in [3.05, 3.63) is 0 Å². The van der Waals surface area contributed by atoms with Crippen molar-refractivity contribution in [3.63, 3.8) is 0 Å². The van der Waals surface area contributed by atoms with Crippen LogP contribution in [-0.2, 0) is 9.47 Å². The summed E-state index contributed by atoms with van der Waals surface area (Å²) in [6, 6.07) is 0. The van der Waals surface area contributed by atoms with Gasteiger partial charge >= 0.3 is 0 Å². The Morgan fingerprint density at radius 2 is 2.09 bits per heavy atom. The molecule has 0 radical (unpaired) electrons. The summed E-state index contributed by atoms with van der Waals surface area (Å²) in [7, 11) is 1.61. The van der Waals surface area contributed by atoms with Gasteiger partial charge in [-0.15, -0.1) is 12.3 Å². The summed E-state index contributed by atoms with van der Waals surface area (Å²) in [5.74, 6) is 2.58. The van der Waals surface area contributed by atoms with Crippen LogP contribution >= 0.6 is 0 Å². The lowest BCUT2D eigenvalue weighted by atomic mass is 10.0. The number of ether oxygens (including phenoxy) is 2. The highest BCUT2D eigenvalue weighted by atomic mass is 16.7. The van der Waals surface area contributed by atoms with Crippen LogP contribution in [0.3, 0.4) is 0 Å². The zero-order chi connectivity index (χ0) is 8.74. The highest BCUT2D eigenvalue weighted by Gasteiger charge is 2.16. The molecule has 0 unspecified atom stereocenters. The molecule has 0 aliphatic heterocycles. The minimum atomic E-state index is -0.164. The monoisotopic (exact) mass is 156 g/mol. The third-order valence-corrected chi connectivity index (χ3v) is 1.44. The molecule has 0 N–H and O–H groups in total. The van der Waals surface area contributed by atoms with Crippen LogP contribution in [0.2, 0.25) is 0 Å². The quantitative estimate of drug-likeness (QED) is 0.446. The van der Waals surface area contributed by atoms with E-state index in [2.05, 4.69) is 5.92 Å². The van der Waals surface area contributed by atoms with E-state index in [0.29, 0.717) is 6.79 Å². The smallest absolute Gasteiger partial charge is 0.147 e. The maximum absolute atomic E-state index is 5.36. The van der Waals surface area contributed by atoms with Gasteiger partial charge in [-0.25, -0.2) is 0 Å². The first kappa shape index (κ1) is 10.5. The van der Waals surface area contributed by atoms with Gasteiger partial charge in [-0.05, 0) is 20.3 Å². The van der Waals surface area contributed by atoms with Crippen molar-refractivity contribution in [2.75, 3.05) is 13.9 Å². The first-order valence-electron chi connectivity index (χ1n) is 3.69. The van der Waals surface area contributed by atoms with E-state index in [9.17, 15) is 0 Å². The molecule has 64 valence electrons. The Morgan fingerprint density at radius 3 is 2.55 bits per heavy atom. The maximum Gasteiger partial charge on any atom is 0.147 e. The molecule has 2 nitrogen and oxygen atoms in total. The molecule has 0 bridgehead atoms. The zero-order valence-electron chi connectivity index (χ0n) is 7.52. The number of terminal acetylenes is 1. The number of methoxy groups -OCH3 is 1. The molecular formula is C9H16O2. The molecule has 11 heavy (non-hydrogen) atoms. The predicted octanol–water partition coefficient (Wildman–Crippen LogP) is 1.80. The van der Waals surface area contributed by atoms with Crippen LogP contribution < -0.4 is 0 Å². The molecule has 0 amide bonds. The van der Waals surface area contributed by atoms with Crippen LogP contribution in [0.4, 0.5) is 0 Å². The van der Waals surface area contributed by atoms with Gasteiger partial charge < -0.3 is 9.47 Å². The van der Waals surface area contributed by atoms with Crippen molar-refractivity contribution >= 4 is 0 Å². The summed E-state index contributed by atoms with van der Waals surface area (Å²) in [6.45, 7) is 4.34. The van der Waals surface area contributed by atoms with E-state index < -0.39 is 0 Å². The Kier molecular flexibility index (Phi) is 4.93. The Hall–Kier alpha value is -0.520. The van der Waals surface area contributed by atoms with Gasteiger partial charge in [-0.2, -0.15) is 0 Å². The van der Waals surface area contributed by atoms with Crippen molar-refractivity contribution < 1.29 is 9.47 Å². The average Bonchev–Trinajstić information content (AvgIpc) is 1.97. The van der Waals surface area contributed by atoms with Crippen molar-refractivity contribution in [1.29, 1.82) is 0 Å². The number of hydrogen-bond donors (Lipinski definition) is 0. The van der Waals surface area contributed by atoms with E-state index in [0.717, 1.165) is 12.8 Å². The van der Waals surface area contributed by atoms with Gasteiger partial charge in [0.2, 0.25) is 0 Å². The largest absolute Gasteiger partial charge is 0.359 e. The molecule has 0 rings (SSSR count). The van der Waals surface area contributed by atoms with E-state index in [1.807, 2.05) is 13.8 Å². The molecule has 0 aromatic rings. The summed E-state index contributed by atoms with van der Waals surface area (Å²) in [4.78, 5) is 0. The van der Waals surface area contributed by atoms with E-state index in [1.54, 1.807) is 7.11 Å². The molecule has 0 saturated carbocycles. The van der Waals surface area contributed by atoms with Gasteiger partial charge in [0.05, 0.1) is 5.60 Å². The Morgan fingerprint density at radius 1 is 1.45 bits per heavy atom. The molecule has 0 fully saturated rings. The fraction of sp³-hybridized carbons (Fsp3) is 0.778. The fourth-order valence-corrected chi connectivity index (χ4v) is 0.664. The third-order valence-electron chi connectivity index (χ3n) is 1.44. The summed E-state index contributed by atoms with van der Waals surface area (Å²) in [6.07, 6.45) is 6.74. The van der Waals surface area contributed by atoms with Gasteiger partial charge in [-0.3, -0.25) is 0 Å². The lowest BCUT2D eigenvalue weighted by molar-refractivity contribution is -0.116. The predicted molar refractivity (Wildman–Crippen MR) is 45.1 cm³/mol. The van der Waals surface area contributed by atoms with E-state index in [1.165, 1.54) is 0 Å². The lowest BCUT2D eigenvalue weighted by Crippen LogP contribution is -2.25. The first-order chi connectivity index (χ1) is 5.12. The van der Waals surface area contributed by atoms with Crippen molar-refractivity contribution in [2.45, 2.75) is 32.3 Å². The standard InChI is InChI=1S/C9H16O2/c1-5-6-7-9(2,3)11-8-10-4/h1H,6-8H2,2-4H3. The molecule has 0 spiro atoms. The van der Waals surface area contributed by atoms with Gasteiger partial charge in [0.1, 0.15) is 6.79 Å². The molecule has 0 aromatic carbocycles. The van der Waals surface area contributed by atoms with E-state index in [-0.39, 0.29) is 5.60 Å². The fourth-order valence-electron chi connectivity index (χ4n) is 0.664. The third kappa shape index (κ3) is 5.90. The van der Waals surface area contributed by atoms with Crippen molar-refractivity contribution in [2.24, 2.45) is 0 Å². The highest BCUT2D eigenvalue weighted by Crippen LogP contribution is 2.15. The number of hydrogen-bond acceptors (Lipinski definition) is 2. The molecular weight excluding hydrogens is 140 g/mol. The normalized spacial score (nSPS) is 11.1. The maximum atomic E-state index is 5.36. The van der Waals surface area contributed by atoms with Crippen LogP contribution in [0.1, 0.15) is 26.7 Å². The zero-order valence-corrected chi connectivity index (χ0v) is 7.52. The van der Waals surface area contributed by atoms with Crippen molar-refractivity contribution in [1.82, 2.24) is 0 Å². The molecule has 0 aromatic heterocycles. The average molecular weight is 156 g/mol. The van der Waals surface area contributed by atoms with Crippen LogP contribution in [0, 0.1) is 12.3 Å². The van der Waals surface area contributed by atoms with Crippen LogP contribution in [0.25, 0.3) is 0 Å². The Labute approximate surface area is 68.9 Å². The van der Waals surface area contributed by atoms with Gasteiger partial charge in [-0.1, -0.05) is 0 Å². The number of rotatable bonds is 5. The second kappa shape index (κ2) is 5.17. The van der Waals surface area contributed by atoms with Crippen LogP contribution in [0.5, 0.6) is 0 Å².